The smallest absolute Gasteiger partial charge is 0.227 e. The van der Waals surface area contributed by atoms with Gasteiger partial charge in [0.25, 0.3) is 0 Å². The summed E-state index contributed by atoms with van der Waals surface area (Å²) >= 11 is 0. The van der Waals surface area contributed by atoms with Crippen LogP contribution in [0, 0.1) is 12.7 Å². The van der Waals surface area contributed by atoms with Crippen LogP contribution in [0.15, 0.2) is 52.6 Å². The maximum atomic E-state index is 13.1. The van der Waals surface area contributed by atoms with E-state index in [2.05, 4.69) is 30.5 Å². The molecule has 1 aromatic carbocycles. The van der Waals surface area contributed by atoms with Crippen LogP contribution >= 0.6 is 0 Å². The Balaban J connectivity index is 1.77. The van der Waals surface area contributed by atoms with Gasteiger partial charge >= 0.3 is 0 Å². The number of H-pyrrole nitrogens is 2. The van der Waals surface area contributed by atoms with Gasteiger partial charge in [0.1, 0.15) is 28.1 Å². The summed E-state index contributed by atoms with van der Waals surface area (Å²) < 4.78 is 25.8. The van der Waals surface area contributed by atoms with E-state index in [1.165, 1.54) is 24.3 Å². The number of aromatic nitrogens is 5. The number of benzene rings is 1. The first-order valence-corrected chi connectivity index (χ1v) is 8.56. The van der Waals surface area contributed by atoms with Crippen LogP contribution in [0.5, 0.6) is 0 Å². The Morgan fingerprint density at radius 1 is 1.16 bits per heavy atom. The van der Waals surface area contributed by atoms with Crippen molar-refractivity contribution in [2.75, 3.05) is 5.32 Å². The number of fused-ring (bicyclic) bond motifs is 1. The predicted octanol–water partition coefficient (Wildman–Crippen LogP) is 3.04. The van der Waals surface area contributed by atoms with Gasteiger partial charge in [-0.25, -0.2) is 18.6 Å². The highest BCUT2D eigenvalue weighted by molar-refractivity contribution is 7.85. The van der Waals surface area contributed by atoms with Gasteiger partial charge in [-0.05, 0) is 37.3 Å². The number of halogens is 1. The average Bonchev–Trinajstić information content (AvgIpc) is 3.23. The fourth-order valence-electron chi connectivity index (χ4n) is 2.37. The van der Waals surface area contributed by atoms with Crippen LogP contribution in [0.1, 0.15) is 5.69 Å². The molecule has 0 fully saturated rings. The van der Waals surface area contributed by atoms with Crippen LogP contribution in [0.2, 0.25) is 0 Å². The zero-order valence-electron chi connectivity index (χ0n) is 13.1. The van der Waals surface area contributed by atoms with E-state index in [0.717, 1.165) is 11.1 Å². The third-order valence-corrected chi connectivity index (χ3v) is 4.76. The van der Waals surface area contributed by atoms with Crippen molar-refractivity contribution in [1.82, 2.24) is 25.1 Å². The van der Waals surface area contributed by atoms with E-state index < -0.39 is 16.6 Å². The molecule has 0 radical (unpaired) electrons. The van der Waals surface area contributed by atoms with E-state index in [1.54, 1.807) is 6.20 Å². The summed E-state index contributed by atoms with van der Waals surface area (Å²) in [4.78, 5) is 12.1. The lowest BCUT2D eigenvalue weighted by Crippen LogP contribution is -2.04. The molecule has 0 bridgehead atoms. The number of nitrogens with zero attached hydrogens (tertiary/aromatic N) is 3. The van der Waals surface area contributed by atoms with E-state index >= 15 is 0 Å². The summed E-state index contributed by atoms with van der Waals surface area (Å²) in [5, 5.41) is 10.9. The standard InChI is InChI=1S/C16H13FN6OS/c1-9-8-13(23-22-9)19-15-12-6-7-18-14(12)20-16(21-15)25(24)11-4-2-10(17)3-5-11/h2-8H,1H3,(H3,18,19,20,21,22,23). The Bertz CT molecular complexity index is 1070. The van der Waals surface area contributed by atoms with Crippen molar-refractivity contribution in [1.29, 1.82) is 0 Å². The average molecular weight is 356 g/mol. The second kappa shape index (κ2) is 6.10. The number of hydrogen-bond acceptors (Lipinski definition) is 5. The molecule has 126 valence electrons. The van der Waals surface area contributed by atoms with Crippen molar-refractivity contribution in [2.24, 2.45) is 0 Å². The molecular formula is C16H13FN6OS. The van der Waals surface area contributed by atoms with Crippen LogP contribution < -0.4 is 5.32 Å². The third-order valence-electron chi connectivity index (χ3n) is 3.54. The Labute approximate surface area is 144 Å². The second-order valence-corrected chi connectivity index (χ2v) is 6.75. The van der Waals surface area contributed by atoms with Gasteiger partial charge in [0, 0.05) is 22.9 Å². The van der Waals surface area contributed by atoms with Gasteiger partial charge < -0.3 is 10.3 Å². The summed E-state index contributed by atoms with van der Waals surface area (Å²) in [7, 11) is -1.64. The highest BCUT2D eigenvalue weighted by Crippen LogP contribution is 2.25. The first-order chi connectivity index (χ1) is 12.1. The lowest BCUT2D eigenvalue weighted by atomic mass is 10.3. The Morgan fingerprint density at radius 3 is 2.68 bits per heavy atom. The van der Waals surface area contributed by atoms with Crippen molar-refractivity contribution in [3.05, 3.63) is 54.1 Å². The van der Waals surface area contributed by atoms with E-state index in [1.807, 2.05) is 19.1 Å². The van der Waals surface area contributed by atoms with Gasteiger partial charge in [-0.1, -0.05) is 0 Å². The SMILES string of the molecule is Cc1cc(Nc2nc(S(=O)c3ccc(F)cc3)nc3[nH]ccc23)n[nH]1. The van der Waals surface area contributed by atoms with Crippen molar-refractivity contribution in [2.45, 2.75) is 17.0 Å². The van der Waals surface area contributed by atoms with Gasteiger partial charge in [-0.2, -0.15) is 5.10 Å². The lowest BCUT2D eigenvalue weighted by Gasteiger charge is -2.07. The molecule has 0 saturated heterocycles. The molecule has 3 N–H and O–H groups in total. The minimum Gasteiger partial charge on any atom is -0.346 e. The van der Waals surface area contributed by atoms with Gasteiger partial charge in [0.2, 0.25) is 5.16 Å². The molecule has 7 nitrogen and oxygen atoms in total. The first kappa shape index (κ1) is 15.5. The lowest BCUT2D eigenvalue weighted by molar-refractivity contribution is 0.626. The van der Waals surface area contributed by atoms with Crippen molar-refractivity contribution in [3.63, 3.8) is 0 Å². The largest absolute Gasteiger partial charge is 0.346 e. The number of rotatable bonds is 4. The monoisotopic (exact) mass is 356 g/mol. The molecule has 25 heavy (non-hydrogen) atoms. The zero-order chi connectivity index (χ0) is 17.4. The second-order valence-electron chi connectivity index (χ2n) is 5.38. The number of aromatic amines is 2. The van der Waals surface area contributed by atoms with Crippen molar-refractivity contribution >= 4 is 33.5 Å². The molecule has 0 aliphatic heterocycles. The number of aryl methyl sites for hydroxylation is 1. The summed E-state index contributed by atoms with van der Waals surface area (Å²) in [6, 6.07) is 9.08. The molecule has 1 unspecified atom stereocenters. The summed E-state index contributed by atoms with van der Waals surface area (Å²) in [5.74, 6) is 0.693. The Morgan fingerprint density at radius 2 is 1.96 bits per heavy atom. The molecule has 4 rings (SSSR count). The van der Waals surface area contributed by atoms with Crippen LogP contribution in [-0.4, -0.2) is 29.4 Å². The summed E-state index contributed by atoms with van der Waals surface area (Å²) in [6.07, 6.45) is 1.73. The molecular weight excluding hydrogens is 343 g/mol. The third kappa shape index (κ3) is 3.01. The molecule has 3 heterocycles. The predicted molar refractivity (Wildman–Crippen MR) is 91.6 cm³/mol. The molecule has 1 atom stereocenters. The van der Waals surface area contributed by atoms with Gasteiger partial charge in [-0.15, -0.1) is 0 Å². The van der Waals surface area contributed by atoms with Crippen LogP contribution in [-0.2, 0) is 10.8 Å². The van der Waals surface area contributed by atoms with E-state index in [-0.39, 0.29) is 5.16 Å². The molecule has 4 aromatic rings. The first-order valence-electron chi connectivity index (χ1n) is 7.41. The molecule has 0 aliphatic rings. The normalized spacial score (nSPS) is 12.4. The quantitative estimate of drug-likeness (QED) is 0.488. The molecule has 0 aliphatic carbocycles. The van der Waals surface area contributed by atoms with Crippen LogP contribution in [0.25, 0.3) is 11.0 Å². The topological polar surface area (TPSA) is 99.3 Å². The van der Waals surface area contributed by atoms with E-state index in [9.17, 15) is 8.60 Å². The molecule has 3 aromatic heterocycles. The van der Waals surface area contributed by atoms with Crippen LogP contribution in [0.4, 0.5) is 16.0 Å². The number of nitrogens with one attached hydrogen (secondary N) is 3. The Hall–Kier alpha value is -3.07. The molecule has 0 saturated carbocycles. The highest BCUT2D eigenvalue weighted by atomic mass is 32.2. The van der Waals surface area contributed by atoms with Gasteiger partial charge in [0.15, 0.2) is 5.82 Å². The van der Waals surface area contributed by atoms with Crippen LogP contribution in [0.3, 0.4) is 0 Å². The minimum absolute atomic E-state index is 0.122. The molecule has 9 heteroatoms. The number of hydrogen-bond donors (Lipinski definition) is 3. The number of anilines is 2. The van der Waals surface area contributed by atoms with Crippen molar-refractivity contribution in [3.8, 4) is 0 Å². The molecule has 0 amide bonds. The van der Waals surface area contributed by atoms with E-state index in [0.29, 0.717) is 22.2 Å². The summed E-state index contributed by atoms with van der Waals surface area (Å²) in [6.45, 7) is 1.89. The van der Waals surface area contributed by atoms with Gasteiger partial charge in [-0.3, -0.25) is 5.10 Å². The fourth-order valence-corrected chi connectivity index (χ4v) is 3.31. The van der Waals surface area contributed by atoms with Gasteiger partial charge in [0.05, 0.1) is 5.39 Å². The Kier molecular flexibility index (Phi) is 3.77. The summed E-state index contributed by atoms with van der Waals surface area (Å²) in [5.41, 5.74) is 1.45. The zero-order valence-corrected chi connectivity index (χ0v) is 13.9. The maximum absolute atomic E-state index is 13.1. The minimum atomic E-state index is -1.64. The fraction of sp³-hybridized carbons (Fsp3) is 0.0625. The maximum Gasteiger partial charge on any atom is 0.227 e. The molecule has 0 spiro atoms. The van der Waals surface area contributed by atoms with Crippen molar-refractivity contribution < 1.29 is 8.60 Å². The highest BCUT2D eigenvalue weighted by Gasteiger charge is 2.16. The van der Waals surface area contributed by atoms with E-state index in [4.69, 9.17) is 0 Å².